The van der Waals surface area contributed by atoms with Gasteiger partial charge in [0.1, 0.15) is 6.04 Å². The van der Waals surface area contributed by atoms with Gasteiger partial charge >= 0.3 is 0 Å². The van der Waals surface area contributed by atoms with Crippen LogP contribution in [-0.2, 0) is 22.4 Å². The Morgan fingerprint density at radius 2 is 1.81 bits per heavy atom. The van der Waals surface area contributed by atoms with Gasteiger partial charge in [-0.2, -0.15) is 0 Å². The van der Waals surface area contributed by atoms with Gasteiger partial charge in [0, 0.05) is 31.0 Å². The zero-order chi connectivity index (χ0) is 18.4. The molecule has 1 fully saturated rings. The molecule has 1 N–H and O–H groups in total. The highest BCUT2D eigenvalue weighted by Crippen LogP contribution is 2.16. The molecule has 0 bridgehead atoms. The zero-order valence-corrected chi connectivity index (χ0v) is 15.4. The number of halogens is 1. The van der Waals surface area contributed by atoms with E-state index in [9.17, 15) is 9.59 Å². The minimum Gasteiger partial charge on any atom is -0.353 e. The largest absolute Gasteiger partial charge is 0.353 e. The number of aryl methyl sites for hydroxylation is 1. The summed E-state index contributed by atoms with van der Waals surface area (Å²) < 4.78 is 0. The molecule has 2 aromatic carbocycles. The lowest BCUT2D eigenvalue weighted by Gasteiger charge is -2.35. The number of nitrogens with one attached hydrogen (secondary N) is 1. The second-order valence-electron chi connectivity index (χ2n) is 6.56. The van der Waals surface area contributed by atoms with E-state index in [1.165, 1.54) is 5.56 Å². The predicted octanol–water partition coefficient (Wildman–Crippen LogP) is 3.23. The van der Waals surface area contributed by atoms with Crippen molar-refractivity contribution in [3.63, 3.8) is 0 Å². The molecule has 3 rings (SSSR count). The van der Waals surface area contributed by atoms with Crippen molar-refractivity contribution in [3.05, 3.63) is 70.7 Å². The first-order chi connectivity index (χ1) is 12.6. The van der Waals surface area contributed by atoms with Crippen LogP contribution < -0.4 is 5.32 Å². The third-order valence-corrected chi connectivity index (χ3v) is 4.94. The van der Waals surface area contributed by atoms with Crippen LogP contribution in [0, 0.1) is 0 Å². The Kier molecular flexibility index (Phi) is 6.29. The number of hydrogen-bond acceptors (Lipinski definition) is 2. The standard InChI is InChI=1S/C21H23ClN2O2/c22-18-11-9-16(10-12-18)7-4-8-20(25)24-14-13-23-21(26)19(24)15-17-5-2-1-3-6-17/h1-3,5-6,9-12,19H,4,7-8,13-15H2,(H,23,26). The van der Waals surface area contributed by atoms with E-state index in [2.05, 4.69) is 5.32 Å². The number of piperazine rings is 1. The lowest BCUT2D eigenvalue weighted by atomic mass is 10.0. The van der Waals surface area contributed by atoms with Gasteiger partial charge in [0.2, 0.25) is 11.8 Å². The van der Waals surface area contributed by atoms with E-state index in [4.69, 9.17) is 11.6 Å². The second-order valence-corrected chi connectivity index (χ2v) is 7.00. The van der Waals surface area contributed by atoms with Crippen LogP contribution in [0.3, 0.4) is 0 Å². The summed E-state index contributed by atoms with van der Waals surface area (Å²) in [5.41, 5.74) is 2.23. The molecule has 1 atom stereocenters. The third kappa shape index (κ3) is 4.85. The fourth-order valence-electron chi connectivity index (χ4n) is 3.29. The van der Waals surface area contributed by atoms with E-state index in [-0.39, 0.29) is 11.8 Å². The van der Waals surface area contributed by atoms with Gasteiger partial charge in [-0.25, -0.2) is 0 Å². The van der Waals surface area contributed by atoms with Gasteiger partial charge in [0.15, 0.2) is 0 Å². The Morgan fingerprint density at radius 3 is 2.54 bits per heavy atom. The number of carbonyl (C=O) groups excluding carboxylic acids is 2. The van der Waals surface area contributed by atoms with E-state index in [1.807, 2.05) is 54.6 Å². The molecule has 0 aromatic heterocycles. The summed E-state index contributed by atoms with van der Waals surface area (Å²) in [6.45, 7) is 1.09. The van der Waals surface area contributed by atoms with Crippen LogP contribution >= 0.6 is 11.6 Å². The molecule has 0 spiro atoms. The van der Waals surface area contributed by atoms with Gasteiger partial charge in [-0.3, -0.25) is 9.59 Å². The first-order valence-electron chi connectivity index (χ1n) is 8.99. The molecule has 0 radical (unpaired) electrons. The third-order valence-electron chi connectivity index (χ3n) is 4.69. The van der Waals surface area contributed by atoms with E-state index >= 15 is 0 Å². The minimum atomic E-state index is -0.422. The highest BCUT2D eigenvalue weighted by Gasteiger charge is 2.32. The molecular weight excluding hydrogens is 348 g/mol. The monoisotopic (exact) mass is 370 g/mol. The summed E-state index contributed by atoms with van der Waals surface area (Å²) in [5, 5.41) is 3.59. The van der Waals surface area contributed by atoms with Crippen LogP contribution in [0.5, 0.6) is 0 Å². The molecule has 26 heavy (non-hydrogen) atoms. The summed E-state index contributed by atoms with van der Waals surface area (Å²) in [7, 11) is 0. The van der Waals surface area contributed by atoms with Crippen LogP contribution in [0.2, 0.25) is 5.02 Å². The van der Waals surface area contributed by atoms with Gasteiger partial charge in [-0.15, -0.1) is 0 Å². The number of benzene rings is 2. The molecule has 136 valence electrons. The number of hydrogen-bond donors (Lipinski definition) is 1. The van der Waals surface area contributed by atoms with Gasteiger partial charge in [-0.05, 0) is 36.1 Å². The maximum Gasteiger partial charge on any atom is 0.243 e. The predicted molar refractivity (Wildman–Crippen MR) is 103 cm³/mol. The number of rotatable bonds is 6. The molecule has 0 saturated carbocycles. The Labute approximate surface area is 159 Å². The highest BCUT2D eigenvalue weighted by atomic mass is 35.5. The summed E-state index contributed by atoms with van der Waals surface area (Å²) in [6, 6.07) is 17.1. The maximum atomic E-state index is 12.7. The van der Waals surface area contributed by atoms with Crippen LogP contribution in [0.15, 0.2) is 54.6 Å². The highest BCUT2D eigenvalue weighted by molar-refractivity contribution is 6.30. The van der Waals surface area contributed by atoms with E-state index in [0.717, 1.165) is 18.4 Å². The summed E-state index contributed by atoms with van der Waals surface area (Å²) in [6.07, 6.45) is 2.58. The topological polar surface area (TPSA) is 49.4 Å². The van der Waals surface area contributed by atoms with Crippen molar-refractivity contribution in [1.29, 1.82) is 0 Å². The molecule has 1 saturated heterocycles. The molecule has 2 aromatic rings. The SMILES string of the molecule is O=C1NCCN(C(=O)CCCc2ccc(Cl)cc2)C1Cc1ccccc1. The normalized spacial score (nSPS) is 17.0. The molecule has 1 aliphatic heterocycles. The van der Waals surface area contributed by atoms with Crippen molar-refractivity contribution in [2.24, 2.45) is 0 Å². The average Bonchev–Trinajstić information content (AvgIpc) is 2.66. The van der Waals surface area contributed by atoms with Crippen molar-refractivity contribution in [1.82, 2.24) is 10.2 Å². The van der Waals surface area contributed by atoms with Gasteiger partial charge in [0.25, 0.3) is 0 Å². The van der Waals surface area contributed by atoms with E-state index < -0.39 is 6.04 Å². The lowest BCUT2D eigenvalue weighted by molar-refractivity contribution is -0.143. The molecule has 4 nitrogen and oxygen atoms in total. The first-order valence-corrected chi connectivity index (χ1v) is 9.37. The summed E-state index contributed by atoms with van der Waals surface area (Å²) >= 11 is 5.90. The fraction of sp³-hybridized carbons (Fsp3) is 0.333. The van der Waals surface area contributed by atoms with E-state index in [0.29, 0.717) is 31.0 Å². The van der Waals surface area contributed by atoms with Crippen LogP contribution in [0.25, 0.3) is 0 Å². The Hall–Kier alpha value is -2.33. The molecular formula is C21H23ClN2O2. The molecule has 5 heteroatoms. The molecule has 2 amide bonds. The number of amides is 2. The zero-order valence-electron chi connectivity index (χ0n) is 14.7. The number of carbonyl (C=O) groups is 2. The molecule has 1 aliphatic rings. The van der Waals surface area contributed by atoms with E-state index in [1.54, 1.807) is 4.90 Å². The molecule has 1 heterocycles. The smallest absolute Gasteiger partial charge is 0.243 e. The molecule has 1 unspecified atom stereocenters. The van der Waals surface area contributed by atoms with Gasteiger partial charge in [-0.1, -0.05) is 54.1 Å². The van der Waals surface area contributed by atoms with Gasteiger partial charge < -0.3 is 10.2 Å². The van der Waals surface area contributed by atoms with Crippen molar-refractivity contribution >= 4 is 23.4 Å². The summed E-state index contributed by atoms with van der Waals surface area (Å²) in [4.78, 5) is 26.8. The van der Waals surface area contributed by atoms with Crippen molar-refractivity contribution < 1.29 is 9.59 Å². The quantitative estimate of drug-likeness (QED) is 0.848. The van der Waals surface area contributed by atoms with Crippen LogP contribution in [0.4, 0.5) is 0 Å². The Bertz CT molecular complexity index is 746. The van der Waals surface area contributed by atoms with Gasteiger partial charge in [0.05, 0.1) is 0 Å². The number of nitrogens with zero attached hydrogens (tertiary/aromatic N) is 1. The summed E-state index contributed by atoms with van der Waals surface area (Å²) in [5.74, 6) is -0.0131. The lowest BCUT2D eigenvalue weighted by Crippen LogP contribution is -2.58. The Morgan fingerprint density at radius 1 is 1.08 bits per heavy atom. The van der Waals surface area contributed by atoms with Crippen molar-refractivity contribution in [2.45, 2.75) is 31.7 Å². The van der Waals surface area contributed by atoms with Crippen molar-refractivity contribution in [3.8, 4) is 0 Å². The first kappa shape index (κ1) is 18.5. The van der Waals surface area contributed by atoms with Crippen LogP contribution in [0.1, 0.15) is 24.0 Å². The fourth-order valence-corrected chi connectivity index (χ4v) is 3.42. The van der Waals surface area contributed by atoms with Crippen LogP contribution in [-0.4, -0.2) is 35.8 Å². The minimum absolute atomic E-state index is 0.0507. The second kappa shape index (κ2) is 8.86. The van der Waals surface area contributed by atoms with Crippen molar-refractivity contribution in [2.75, 3.05) is 13.1 Å². The Balaban J connectivity index is 1.58. The molecule has 0 aliphatic carbocycles. The maximum absolute atomic E-state index is 12.7. The average molecular weight is 371 g/mol.